The molecule has 0 aliphatic carbocycles. The highest BCUT2D eigenvalue weighted by Gasteiger charge is 2.43. The van der Waals surface area contributed by atoms with E-state index in [1.54, 1.807) is 0 Å². The molecule has 3 nitrogen and oxygen atoms in total. The number of nitrogens with one attached hydrogen (secondary N) is 1. The molecular weight excluding hydrogens is 271 g/mol. The minimum absolute atomic E-state index is 0.117. The summed E-state index contributed by atoms with van der Waals surface area (Å²) in [6.45, 7) is 5.26. The molecule has 1 rings (SSSR count). The Balaban J connectivity index is 3.32. The van der Waals surface area contributed by atoms with Crippen molar-refractivity contribution in [1.82, 2.24) is 5.32 Å². The lowest BCUT2D eigenvalue weighted by atomic mass is 9.87. The average molecular weight is 289 g/mol. The quantitative estimate of drug-likeness (QED) is 0.874. The van der Waals surface area contributed by atoms with Gasteiger partial charge in [0.2, 0.25) is 0 Å². The van der Waals surface area contributed by atoms with Gasteiger partial charge >= 0.3 is 12.1 Å². The van der Waals surface area contributed by atoms with Crippen LogP contribution in [-0.4, -0.2) is 17.6 Å². The fourth-order valence-corrected chi connectivity index (χ4v) is 1.86. The highest BCUT2D eigenvalue weighted by molar-refractivity contribution is 5.81. The van der Waals surface area contributed by atoms with E-state index in [4.69, 9.17) is 0 Å². The van der Waals surface area contributed by atoms with Gasteiger partial charge in [0.05, 0.1) is 5.56 Å². The van der Waals surface area contributed by atoms with Crippen LogP contribution in [0.1, 0.15) is 31.9 Å². The second-order valence-corrected chi connectivity index (χ2v) is 5.25. The Bertz CT molecular complexity index is 486. The molecule has 0 aromatic heterocycles. The number of rotatable bonds is 5. The first-order chi connectivity index (χ1) is 9.09. The van der Waals surface area contributed by atoms with Crippen LogP contribution in [0.15, 0.2) is 24.3 Å². The van der Waals surface area contributed by atoms with Crippen LogP contribution in [-0.2, 0) is 16.5 Å². The molecule has 1 atom stereocenters. The Morgan fingerprint density at radius 3 is 2.15 bits per heavy atom. The molecule has 6 heteroatoms. The maximum atomic E-state index is 13.0. The fraction of sp³-hybridized carbons (Fsp3) is 0.500. The number of benzene rings is 1. The van der Waals surface area contributed by atoms with Gasteiger partial charge in [-0.1, -0.05) is 32.0 Å². The molecule has 112 valence electrons. The Kier molecular flexibility index (Phi) is 4.81. The Morgan fingerprint density at radius 1 is 1.25 bits per heavy atom. The predicted molar refractivity (Wildman–Crippen MR) is 69.3 cm³/mol. The lowest BCUT2D eigenvalue weighted by molar-refractivity contribution is -0.147. The highest BCUT2D eigenvalue weighted by atomic mass is 19.4. The number of carboxylic acids is 1. The summed E-state index contributed by atoms with van der Waals surface area (Å²) < 4.78 is 39.1. The molecule has 2 N–H and O–H groups in total. The van der Waals surface area contributed by atoms with E-state index in [1.165, 1.54) is 25.1 Å². The summed E-state index contributed by atoms with van der Waals surface area (Å²) in [6, 6.07) is 4.75. The summed E-state index contributed by atoms with van der Waals surface area (Å²) in [6.07, 6.45) is -4.59. The van der Waals surface area contributed by atoms with Gasteiger partial charge in [0, 0.05) is 0 Å². The molecular formula is C14H18F3NO2. The van der Waals surface area contributed by atoms with Crippen molar-refractivity contribution in [2.75, 3.05) is 6.54 Å². The molecule has 0 saturated heterocycles. The van der Waals surface area contributed by atoms with E-state index >= 15 is 0 Å². The van der Waals surface area contributed by atoms with Crippen LogP contribution in [0.25, 0.3) is 0 Å². The molecule has 20 heavy (non-hydrogen) atoms. The molecule has 1 aromatic carbocycles. The second-order valence-electron chi connectivity index (χ2n) is 5.25. The van der Waals surface area contributed by atoms with Crippen LogP contribution < -0.4 is 5.32 Å². The van der Waals surface area contributed by atoms with Crippen molar-refractivity contribution in [3.8, 4) is 0 Å². The highest BCUT2D eigenvalue weighted by Crippen LogP contribution is 2.36. The van der Waals surface area contributed by atoms with Gasteiger partial charge in [-0.15, -0.1) is 0 Å². The number of halogens is 3. The Labute approximate surface area is 115 Å². The molecule has 0 fully saturated rings. The number of alkyl halides is 3. The second kappa shape index (κ2) is 5.83. The maximum absolute atomic E-state index is 13.0. The number of carbonyl (C=O) groups is 1. The monoisotopic (exact) mass is 289 g/mol. The largest absolute Gasteiger partial charge is 0.480 e. The zero-order chi connectivity index (χ0) is 15.6. The topological polar surface area (TPSA) is 49.3 Å². The summed E-state index contributed by atoms with van der Waals surface area (Å²) >= 11 is 0. The molecule has 0 bridgehead atoms. The molecule has 1 aromatic rings. The SMILES string of the molecule is CC(C)CNC(C)(C(=O)O)c1ccccc1C(F)(F)F. The molecule has 0 saturated carbocycles. The molecule has 0 radical (unpaired) electrons. The van der Waals surface area contributed by atoms with Crippen LogP contribution in [0.5, 0.6) is 0 Å². The first-order valence-corrected chi connectivity index (χ1v) is 6.24. The van der Waals surface area contributed by atoms with Crippen molar-refractivity contribution in [3.63, 3.8) is 0 Å². The first-order valence-electron chi connectivity index (χ1n) is 6.24. The minimum atomic E-state index is -4.59. The summed E-state index contributed by atoms with van der Waals surface area (Å²) in [5.41, 5.74) is -2.99. The molecule has 0 aliphatic heterocycles. The third-order valence-corrected chi connectivity index (χ3v) is 3.06. The van der Waals surface area contributed by atoms with Gasteiger partial charge in [0.1, 0.15) is 5.54 Å². The van der Waals surface area contributed by atoms with Gasteiger partial charge in [-0.2, -0.15) is 13.2 Å². The summed E-state index contributed by atoms with van der Waals surface area (Å²) in [4.78, 5) is 11.5. The zero-order valence-electron chi connectivity index (χ0n) is 11.6. The summed E-state index contributed by atoms with van der Waals surface area (Å²) in [7, 11) is 0. The van der Waals surface area contributed by atoms with Crippen molar-refractivity contribution in [1.29, 1.82) is 0 Å². The average Bonchev–Trinajstić information content (AvgIpc) is 2.34. The van der Waals surface area contributed by atoms with Crippen molar-refractivity contribution >= 4 is 5.97 Å². The lowest BCUT2D eigenvalue weighted by Gasteiger charge is -2.30. The standard InChI is InChI=1S/C14H18F3NO2/c1-9(2)8-18-13(3,12(19)20)10-6-4-5-7-11(10)14(15,16)17/h4-7,9,18H,8H2,1-3H3,(H,19,20). The summed E-state index contributed by atoms with van der Waals surface area (Å²) in [5, 5.41) is 12.1. The van der Waals surface area contributed by atoms with E-state index in [-0.39, 0.29) is 11.5 Å². The maximum Gasteiger partial charge on any atom is 0.416 e. The number of aliphatic carboxylic acids is 1. The molecule has 0 spiro atoms. The van der Waals surface area contributed by atoms with E-state index in [0.29, 0.717) is 6.54 Å². The number of hydrogen-bond acceptors (Lipinski definition) is 2. The molecule has 0 aliphatic rings. The Morgan fingerprint density at radius 2 is 1.75 bits per heavy atom. The zero-order valence-corrected chi connectivity index (χ0v) is 11.6. The van der Waals surface area contributed by atoms with E-state index in [9.17, 15) is 23.1 Å². The van der Waals surface area contributed by atoms with Gasteiger partial charge in [-0.05, 0) is 31.0 Å². The van der Waals surface area contributed by atoms with Gasteiger partial charge in [-0.3, -0.25) is 5.32 Å². The molecule has 0 heterocycles. The van der Waals surface area contributed by atoms with Crippen LogP contribution in [0.4, 0.5) is 13.2 Å². The number of hydrogen-bond donors (Lipinski definition) is 2. The minimum Gasteiger partial charge on any atom is -0.480 e. The fourth-order valence-electron chi connectivity index (χ4n) is 1.86. The van der Waals surface area contributed by atoms with Gasteiger partial charge in [0.15, 0.2) is 0 Å². The predicted octanol–water partition coefficient (Wildman–Crippen LogP) is 3.25. The van der Waals surface area contributed by atoms with Crippen molar-refractivity contribution in [3.05, 3.63) is 35.4 Å². The third-order valence-electron chi connectivity index (χ3n) is 3.06. The normalized spacial score (nSPS) is 15.2. The lowest BCUT2D eigenvalue weighted by Crippen LogP contribution is -2.49. The van der Waals surface area contributed by atoms with Crippen molar-refractivity contribution in [2.45, 2.75) is 32.5 Å². The Hall–Kier alpha value is -1.56. The van der Waals surface area contributed by atoms with E-state index in [1.807, 2.05) is 13.8 Å². The van der Waals surface area contributed by atoms with Gasteiger partial charge in [-0.25, -0.2) is 4.79 Å². The van der Waals surface area contributed by atoms with Gasteiger partial charge in [0.25, 0.3) is 0 Å². The first kappa shape index (κ1) is 16.5. The smallest absolute Gasteiger partial charge is 0.416 e. The third kappa shape index (κ3) is 3.50. The van der Waals surface area contributed by atoms with Crippen LogP contribution in [0.3, 0.4) is 0 Å². The molecule has 1 unspecified atom stereocenters. The molecule has 0 amide bonds. The van der Waals surface area contributed by atoms with E-state index < -0.39 is 23.2 Å². The van der Waals surface area contributed by atoms with Crippen molar-refractivity contribution < 1.29 is 23.1 Å². The van der Waals surface area contributed by atoms with Gasteiger partial charge < -0.3 is 5.11 Å². The van der Waals surface area contributed by atoms with Crippen LogP contribution in [0.2, 0.25) is 0 Å². The van der Waals surface area contributed by atoms with E-state index in [0.717, 1.165) is 6.07 Å². The van der Waals surface area contributed by atoms with Crippen LogP contribution in [0, 0.1) is 5.92 Å². The summed E-state index contributed by atoms with van der Waals surface area (Å²) in [5.74, 6) is -1.22. The van der Waals surface area contributed by atoms with E-state index in [2.05, 4.69) is 5.32 Å². The van der Waals surface area contributed by atoms with Crippen molar-refractivity contribution in [2.24, 2.45) is 5.92 Å². The number of carboxylic acid groups (broad SMARTS) is 1. The van der Waals surface area contributed by atoms with Crippen LogP contribution >= 0.6 is 0 Å².